The van der Waals surface area contributed by atoms with Gasteiger partial charge in [-0.25, -0.2) is 8.42 Å². The summed E-state index contributed by atoms with van der Waals surface area (Å²) in [7, 11) is -3.22. The number of rotatable bonds is 5. The van der Waals surface area contributed by atoms with Crippen LogP contribution in [0.5, 0.6) is 0 Å². The third-order valence-electron chi connectivity index (χ3n) is 3.23. The first kappa shape index (κ1) is 13.4. The first-order chi connectivity index (χ1) is 8.56. The molecular formula is C13H20N2O2S. The lowest BCUT2D eigenvalue weighted by Crippen LogP contribution is -2.39. The largest absolute Gasteiger partial charge is 0.316 e. The molecule has 0 aromatic heterocycles. The predicted molar refractivity (Wildman–Crippen MR) is 74.4 cm³/mol. The third kappa shape index (κ3) is 2.52. The number of fused-ring (bicyclic) bond motifs is 1. The second-order valence-corrected chi connectivity index (χ2v) is 6.61. The van der Waals surface area contributed by atoms with Crippen LogP contribution >= 0.6 is 0 Å². The Morgan fingerprint density at radius 1 is 1.39 bits per heavy atom. The summed E-state index contributed by atoms with van der Waals surface area (Å²) in [5.41, 5.74) is 1.97. The van der Waals surface area contributed by atoms with Crippen molar-refractivity contribution >= 4 is 15.7 Å². The summed E-state index contributed by atoms with van der Waals surface area (Å²) in [6, 6.07) is 7.77. The summed E-state index contributed by atoms with van der Waals surface area (Å²) in [4.78, 5) is 0. The molecule has 0 bridgehead atoms. The number of hydrogen-bond acceptors (Lipinski definition) is 3. The number of nitrogens with one attached hydrogen (secondary N) is 1. The standard InChI is InChI=1S/C13H20N2O2S/c1-3-14-8-9-18(16,17)15-11(2)10-12-6-4-5-7-13(12)15/h4-7,11,14H,3,8-10H2,1-2H3. The molecule has 0 spiro atoms. The van der Waals surface area contributed by atoms with Crippen LogP contribution < -0.4 is 9.62 Å². The van der Waals surface area contributed by atoms with Gasteiger partial charge in [0.25, 0.3) is 0 Å². The highest BCUT2D eigenvalue weighted by molar-refractivity contribution is 7.92. The summed E-state index contributed by atoms with van der Waals surface area (Å²) in [6.45, 7) is 5.23. The van der Waals surface area contributed by atoms with Crippen LogP contribution in [0.2, 0.25) is 0 Å². The molecule has 0 amide bonds. The van der Waals surface area contributed by atoms with Gasteiger partial charge in [-0.3, -0.25) is 4.31 Å². The molecule has 1 aliphatic heterocycles. The first-order valence-corrected chi connectivity index (χ1v) is 7.98. The molecule has 18 heavy (non-hydrogen) atoms. The monoisotopic (exact) mass is 268 g/mol. The van der Waals surface area contributed by atoms with E-state index in [-0.39, 0.29) is 11.8 Å². The van der Waals surface area contributed by atoms with Crippen LogP contribution in [0, 0.1) is 0 Å². The Balaban J connectivity index is 2.22. The average molecular weight is 268 g/mol. The van der Waals surface area contributed by atoms with Gasteiger partial charge in [-0.1, -0.05) is 25.1 Å². The predicted octanol–water partition coefficient (Wildman–Crippen LogP) is 1.38. The second kappa shape index (κ2) is 5.28. The number of para-hydroxylation sites is 1. The maximum absolute atomic E-state index is 12.4. The van der Waals surface area contributed by atoms with E-state index < -0.39 is 10.0 Å². The van der Waals surface area contributed by atoms with Gasteiger partial charge in [0.05, 0.1) is 11.4 Å². The Kier molecular flexibility index (Phi) is 3.92. The zero-order valence-electron chi connectivity index (χ0n) is 10.9. The van der Waals surface area contributed by atoms with Gasteiger partial charge in [0.1, 0.15) is 0 Å². The maximum atomic E-state index is 12.4. The third-order valence-corrected chi connectivity index (χ3v) is 5.11. The van der Waals surface area contributed by atoms with Crippen LogP contribution in [0.15, 0.2) is 24.3 Å². The van der Waals surface area contributed by atoms with Gasteiger partial charge >= 0.3 is 0 Å². The molecule has 1 aliphatic rings. The SMILES string of the molecule is CCNCCS(=O)(=O)N1c2ccccc2CC1C. The Bertz CT molecular complexity index is 513. The fourth-order valence-corrected chi connectivity index (χ4v) is 4.14. The summed E-state index contributed by atoms with van der Waals surface area (Å²) in [5.74, 6) is 0.152. The molecule has 100 valence electrons. The highest BCUT2D eigenvalue weighted by Crippen LogP contribution is 2.34. The molecule has 4 nitrogen and oxygen atoms in total. The lowest BCUT2D eigenvalue weighted by atomic mass is 10.1. The van der Waals surface area contributed by atoms with Crippen molar-refractivity contribution in [3.8, 4) is 0 Å². The average Bonchev–Trinajstić information content (AvgIpc) is 2.65. The van der Waals surface area contributed by atoms with Gasteiger partial charge in [-0.15, -0.1) is 0 Å². The van der Waals surface area contributed by atoms with Gasteiger partial charge in [0.15, 0.2) is 0 Å². The normalized spacial score (nSPS) is 19.0. The Morgan fingerprint density at radius 3 is 2.83 bits per heavy atom. The van der Waals surface area contributed by atoms with E-state index in [1.54, 1.807) is 4.31 Å². The van der Waals surface area contributed by atoms with Gasteiger partial charge in [-0.2, -0.15) is 0 Å². The van der Waals surface area contributed by atoms with Crippen molar-refractivity contribution in [2.45, 2.75) is 26.3 Å². The molecule has 1 aromatic rings. The number of anilines is 1. The quantitative estimate of drug-likeness (QED) is 0.821. The molecule has 1 aromatic carbocycles. The van der Waals surface area contributed by atoms with Crippen LogP contribution in [-0.2, 0) is 16.4 Å². The zero-order valence-corrected chi connectivity index (χ0v) is 11.7. The molecule has 0 saturated heterocycles. The van der Waals surface area contributed by atoms with Crippen LogP contribution in [0.25, 0.3) is 0 Å². The molecule has 0 fully saturated rings. The number of sulfonamides is 1. The minimum Gasteiger partial charge on any atom is -0.316 e. The van der Waals surface area contributed by atoms with Crippen molar-refractivity contribution in [1.82, 2.24) is 5.32 Å². The van der Waals surface area contributed by atoms with Crippen molar-refractivity contribution in [2.24, 2.45) is 0 Å². The van der Waals surface area contributed by atoms with E-state index in [4.69, 9.17) is 0 Å². The molecule has 1 N–H and O–H groups in total. The summed E-state index contributed by atoms with van der Waals surface area (Å²) in [5, 5.41) is 3.06. The maximum Gasteiger partial charge on any atom is 0.236 e. The molecule has 0 aliphatic carbocycles. The fraction of sp³-hybridized carbons (Fsp3) is 0.538. The molecule has 1 heterocycles. The number of hydrogen-bond donors (Lipinski definition) is 1. The van der Waals surface area contributed by atoms with Crippen molar-refractivity contribution in [3.63, 3.8) is 0 Å². The van der Waals surface area contributed by atoms with Crippen molar-refractivity contribution < 1.29 is 8.42 Å². The molecular weight excluding hydrogens is 248 g/mol. The molecule has 0 saturated carbocycles. The van der Waals surface area contributed by atoms with E-state index in [1.165, 1.54) is 0 Å². The minimum atomic E-state index is -3.22. The molecule has 1 atom stereocenters. The van der Waals surface area contributed by atoms with Gasteiger partial charge in [0, 0.05) is 12.6 Å². The summed E-state index contributed by atoms with van der Waals surface area (Å²) >= 11 is 0. The van der Waals surface area contributed by atoms with E-state index in [1.807, 2.05) is 38.1 Å². The molecule has 0 radical (unpaired) electrons. The van der Waals surface area contributed by atoms with Gasteiger partial charge < -0.3 is 5.32 Å². The lowest BCUT2D eigenvalue weighted by molar-refractivity contribution is 0.580. The van der Waals surface area contributed by atoms with Crippen LogP contribution in [0.3, 0.4) is 0 Å². The van der Waals surface area contributed by atoms with Crippen LogP contribution in [0.1, 0.15) is 19.4 Å². The molecule has 5 heteroatoms. The second-order valence-electron chi connectivity index (χ2n) is 4.65. The fourth-order valence-electron chi connectivity index (χ4n) is 2.44. The van der Waals surface area contributed by atoms with E-state index in [0.29, 0.717) is 6.54 Å². The van der Waals surface area contributed by atoms with Crippen molar-refractivity contribution in [1.29, 1.82) is 0 Å². The Hall–Kier alpha value is -1.07. The molecule has 1 unspecified atom stereocenters. The number of benzene rings is 1. The Morgan fingerprint density at radius 2 is 2.11 bits per heavy atom. The first-order valence-electron chi connectivity index (χ1n) is 6.37. The smallest absolute Gasteiger partial charge is 0.236 e. The zero-order chi connectivity index (χ0) is 13.2. The number of nitrogens with zero attached hydrogens (tertiary/aromatic N) is 1. The van der Waals surface area contributed by atoms with E-state index in [9.17, 15) is 8.42 Å². The topological polar surface area (TPSA) is 49.4 Å². The highest BCUT2D eigenvalue weighted by Gasteiger charge is 2.34. The summed E-state index contributed by atoms with van der Waals surface area (Å²) < 4.78 is 26.3. The molecule has 2 rings (SSSR count). The van der Waals surface area contributed by atoms with Crippen molar-refractivity contribution in [3.05, 3.63) is 29.8 Å². The van der Waals surface area contributed by atoms with E-state index in [2.05, 4.69) is 5.32 Å². The summed E-state index contributed by atoms with van der Waals surface area (Å²) in [6.07, 6.45) is 0.802. The minimum absolute atomic E-state index is 0.0222. The van der Waals surface area contributed by atoms with E-state index >= 15 is 0 Å². The van der Waals surface area contributed by atoms with Gasteiger partial charge in [-0.05, 0) is 31.5 Å². The van der Waals surface area contributed by atoms with Crippen LogP contribution in [-0.4, -0.2) is 33.3 Å². The van der Waals surface area contributed by atoms with E-state index in [0.717, 1.165) is 24.2 Å². The Labute approximate surface area is 109 Å². The lowest BCUT2D eigenvalue weighted by Gasteiger charge is -2.24. The van der Waals surface area contributed by atoms with Crippen LogP contribution in [0.4, 0.5) is 5.69 Å². The highest BCUT2D eigenvalue weighted by atomic mass is 32.2. The van der Waals surface area contributed by atoms with Crippen molar-refractivity contribution in [2.75, 3.05) is 23.1 Å². The van der Waals surface area contributed by atoms with Gasteiger partial charge in [0.2, 0.25) is 10.0 Å².